The highest BCUT2D eigenvalue weighted by molar-refractivity contribution is 6.01. The maximum absolute atomic E-state index is 14.5. The fourth-order valence-corrected chi connectivity index (χ4v) is 10.3. The zero-order valence-electron chi connectivity index (χ0n) is 46.6. The summed E-state index contributed by atoms with van der Waals surface area (Å²) in [5.41, 5.74) is 9.95. The van der Waals surface area contributed by atoms with Crippen LogP contribution in [0.1, 0.15) is 69.3 Å². The SMILES string of the molecule is CCCCCOc1ccc(-c2ccc(-c3ccc(C(=O)N[C@H]4CNC(=O)[C@H](CN)NC(=O)[C@@H]5[C@@H](O)[C@@H](C)CN5C(=O)[C@H](C(C)O)NC(=O)[C@H]([C@H](O)Cc5ccc(O)cc5)NC(=O)[C@@H]5C[C@@H](O)CN5C(=O)[C@H](C(C)O)NC4=O)cc3)cc2)cc1. The second kappa shape index (κ2) is 28.3. The average Bonchev–Trinajstić information content (AvgIpc) is 4.04. The van der Waals surface area contributed by atoms with Crippen molar-refractivity contribution >= 4 is 47.3 Å². The number of hydrogen-bond acceptors (Lipinski definition) is 16. The molecule has 3 saturated heterocycles. The van der Waals surface area contributed by atoms with Gasteiger partial charge in [-0.05, 0) is 84.5 Å². The predicted molar refractivity (Wildman–Crippen MR) is 301 cm³/mol. The molecule has 8 amide bonds. The zero-order chi connectivity index (χ0) is 60.2. The molecular formula is C59H75N9O15. The van der Waals surface area contributed by atoms with Gasteiger partial charge in [-0.1, -0.05) is 87.4 Å². The maximum atomic E-state index is 14.5. The smallest absolute Gasteiger partial charge is 0.251 e. The lowest BCUT2D eigenvalue weighted by atomic mass is 9.99. The second-order valence-corrected chi connectivity index (χ2v) is 21.5. The van der Waals surface area contributed by atoms with E-state index in [1.807, 2.05) is 48.5 Å². The molecule has 0 aromatic heterocycles. The Labute approximate surface area is 480 Å². The van der Waals surface area contributed by atoms with Gasteiger partial charge in [0, 0.05) is 50.5 Å². The van der Waals surface area contributed by atoms with E-state index in [9.17, 15) is 69.0 Å². The number of unbranched alkanes of at least 4 members (excludes halogenated alkanes) is 2. The molecule has 2 unspecified atom stereocenters. The van der Waals surface area contributed by atoms with Crippen LogP contribution in [0.5, 0.6) is 11.5 Å². The Hall–Kier alpha value is -8.00. The van der Waals surface area contributed by atoms with Crippen molar-refractivity contribution in [3.05, 3.63) is 108 Å². The van der Waals surface area contributed by atoms with Crippen molar-refractivity contribution in [3.63, 3.8) is 0 Å². The van der Waals surface area contributed by atoms with Crippen LogP contribution in [0.3, 0.4) is 0 Å². The number of nitrogens with two attached hydrogens (primary N) is 1. The van der Waals surface area contributed by atoms with Crippen LogP contribution in [0.25, 0.3) is 22.3 Å². The van der Waals surface area contributed by atoms with Gasteiger partial charge >= 0.3 is 0 Å². The summed E-state index contributed by atoms with van der Waals surface area (Å²) < 4.78 is 5.85. The second-order valence-electron chi connectivity index (χ2n) is 21.5. The first-order valence-corrected chi connectivity index (χ1v) is 27.8. The number of fused-ring (bicyclic) bond motifs is 2. The van der Waals surface area contributed by atoms with Crippen molar-refractivity contribution in [1.82, 2.24) is 41.7 Å². The summed E-state index contributed by atoms with van der Waals surface area (Å²) in [6, 6.07) is 15.0. The number of hydrogen-bond donors (Lipinski definition) is 13. The number of rotatable bonds is 15. The summed E-state index contributed by atoms with van der Waals surface area (Å²) in [6.45, 7) is 4.51. The number of benzene rings is 4. The Morgan fingerprint density at radius 3 is 1.78 bits per heavy atom. The molecule has 4 aromatic rings. The van der Waals surface area contributed by atoms with Crippen molar-refractivity contribution in [2.45, 2.75) is 133 Å². The van der Waals surface area contributed by atoms with Gasteiger partial charge in [-0.25, -0.2) is 0 Å². The molecule has 7 rings (SSSR count). The molecule has 0 bridgehead atoms. The lowest BCUT2D eigenvalue weighted by Gasteiger charge is -2.34. The predicted octanol–water partition coefficient (Wildman–Crippen LogP) is -1.04. The molecule has 3 fully saturated rings. The molecule has 0 aliphatic carbocycles. The van der Waals surface area contributed by atoms with E-state index in [1.165, 1.54) is 43.3 Å². The number of aromatic hydroxyl groups is 1. The highest BCUT2D eigenvalue weighted by atomic mass is 16.5. The van der Waals surface area contributed by atoms with Crippen molar-refractivity contribution in [2.24, 2.45) is 11.7 Å². The summed E-state index contributed by atoms with van der Waals surface area (Å²) in [5.74, 6) is -8.66. The molecule has 3 heterocycles. The van der Waals surface area contributed by atoms with Gasteiger partial charge in [0.15, 0.2) is 0 Å². The van der Waals surface area contributed by atoms with Crippen molar-refractivity contribution in [1.29, 1.82) is 0 Å². The third-order valence-electron chi connectivity index (χ3n) is 15.1. The minimum absolute atomic E-state index is 0.0660. The van der Waals surface area contributed by atoms with Gasteiger partial charge in [0.2, 0.25) is 41.4 Å². The standard InChI is InChI=1S/C59H75N9O15/c1-5-6-7-24-83-42-22-18-38(19-23-42)36-12-10-35(11-13-36)37-14-16-39(17-15-37)52(75)63-44-28-61-53(76)43(27-60)62-57(80)50-51(74)31(2)29-68(50)59(82)48(33(4)70)65-56(79)49(46(73)25-34-8-20-40(71)21-9-34)66-55(78)45-26-41(72)30-67(45)58(81)47(32(3)69)64-54(44)77/h8-23,31-33,41,43-51,69-74H,5-7,24-30,60H2,1-4H3,(H,61,76)(H,62,80)(H,63,75)(H,64,77)(H,65,79)(H,66,78)/t31-,32?,33?,41+,43-,44-,45-,46+,47-,48-,49-,50-,51-/m0/s1. The third kappa shape index (κ3) is 15.6. The minimum atomic E-state index is -1.97. The van der Waals surface area contributed by atoms with Crippen molar-refractivity contribution in [2.75, 3.05) is 32.8 Å². The average molecular weight is 1150 g/mol. The quantitative estimate of drug-likeness (QED) is 0.0632. The van der Waals surface area contributed by atoms with Gasteiger partial charge in [0.05, 0.1) is 37.1 Å². The maximum Gasteiger partial charge on any atom is 0.251 e. The van der Waals surface area contributed by atoms with Gasteiger partial charge in [-0.3, -0.25) is 38.4 Å². The summed E-state index contributed by atoms with van der Waals surface area (Å²) in [4.78, 5) is 116. The Kier molecular flexibility index (Phi) is 21.4. The normalized spacial score (nSPS) is 26.1. The Bertz CT molecular complexity index is 2930. The Balaban J connectivity index is 1.17. The van der Waals surface area contributed by atoms with Crippen LogP contribution in [0.4, 0.5) is 0 Å². The van der Waals surface area contributed by atoms with E-state index in [-0.39, 0.29) is 24.3 Å². The lowest BCUT2D eigenvalue weighted by Crippen LogP contribution is -2.65. The third-order valence-corrected chi connectivity index (χ3v) is 15.1. The first-order chi connectivity index (χ1) is 39.6. The first-order valence-electron chi connectivity index (χ1n) is 27.8. The van der Waals surface area contributed by atoms with Gasteiger partial charge in [0.25, 0.3) is 5.91 Å². The highest BCUT2D eigenvalue weighted by Gasteiger charge is 2.50. The Morgan fingerprint density at radius 1 is 0.675 bits per heavy atom. The van der Waals surface area contributed by atoms with E-state index in [1.54, 1.807) is 12.1 Å². The van der Waals surface area contributed by atoms with Crippen molar-refractivity contribution < 1.29 is 73.7 Å². The topological polar surface area (TPSA) is 372 Å². The van der Waals surface area contributed by atoms with E-state index in [0.717, 1.165) is 70.9 Å². The summed E-state index contributed by atoms with van der Waals surface area (Å²) in [5, 5.41) is 80.6. The van der Waals surface area contributed by atoms with E-state index in [4.69, 9.17) is 10.5 Å². The van der Waals surface area contributed by atoms with Gasteiger partial charge in [0.1, 0.15) is 53.8 Å². The van der Waals surface area contributed by atoms with Gasteiger partial charge < -0.3 is 82.8 Å². The van der Waals surface area contributed by atoms with Crippen LogP contribution < -0.4 is 42.4 Å². The van der Waals surface area contributed by atoms with Crippen LogP contribution in [-0.4, -0.2) is 193 Å². The number of aliphatic hydroxyl groups is 5. The largest absolute Gasteiger partial charge is 0.508 e. The van der Waals surface area contributed by atoms with Crippen LogP contribution in [0.2, 0.25) is 0 Å². The van der Waals surface area contributed by atoms with Gasteiger partial charge in [-0.2, -0.15) is 0 Å². The van der Waals surface area contributed by atoms with E-state index in [0.29, 0.717) is 12.2 Å². The van der Waals surface area contributed by atoms with Crippen LogP contribution in [-0.2, 0) is 40.0 Å². The molecular weight excluding hydrogens is 1070 g/mol. The van der Waals surface area contributed by atoms with Gasteiger partial charge in [-0.15, -0.1) is 0 Å². The molecule has 0 saturated carbocycles. The number of amides is 8. The summed E-state index contributed by atoms with van der Waals surface area (Å²) in [6.07, 6.45) is -5.76. The lowest BCUT2D eigenvalue weighted by molar-refractivity contribution is -0.147. The molecule has 83 heavy (non-hydrogen) atoms. The van der Waals surface area contributed by atoms with E-state index >= 15 is 0 Å². The van der Waals surface area contributed by atoms with E-state index in [2.05, 4.69) is 38.8 Å². The molecule has 0 radical (unpaired) electrons. The minimum Gasteiger partial charge on any atom is -0.508 e. The molecule has 3 aliphatic heterocycles. The number of nitrogens with zero attached hydrogens (tertiary/aromatic N) is 2. The molecule has 0 spiro atoms. The number of phenolic OH excluding ortho intramolecular Hbond substituents is 1. The molecule has 24 heteroatoms. The van der Waals surface area contributed by atoms with E-state index < -0.39 is 152 Å². The zero-order valence-corrected chi connectivity index (χ0v) is 46.6. The number of phenols is 1. The first kappa shape index (κ1) is 62.6. The fraction of sp³-hybridized carbons (Fsp3) is 0.458. The molecule has 446 valence electrons. The summed E-state index contributed by atoms with van der Waals surface area (Å²) >= 11 is 0. The van der Waals surface area contributed by atoms with Crippen LogP contribution in [0, 0.1) is 5.92 Å². The number of carbonyl (C=O) groups excluding carboxylic acids is 8. The number of carbonyl (C=O) groups is 8. The molecule has 4 aromatic carbocycles. The van der Waals surface area contributed by atoms with Crippen molar-refractivity contribution in [3.8, 4) is 33.8 Å². The van der Waals surface area contributed by atoms with Crippen LogP contribution >= 0.6 is 0 Å². The molecule has 13 atom stereocenters. The summed E-state index contributed by atoms with van der Waals surface area (Å²) in [7, 11) is 0. The highest BCUT2D eigenvalue weighted by Crippen LogP contribution is 2.29. The van der Waals surface area contributed by atoms with Crippen LogP contribution in [0.15, 0.2) is 97.1 Å². The number of nitrogens with one attached hydrogen (secondary N) is 6. The fourth-order valence-electron chi connectivity index (χ4n) is 10.3. The molecule has 24 nitrogen and oxygen atoms in total. The number of ether oxygens (including phenoxy) is 1. The monoisotopic (exact) mass is 1150 g/mol. The number of aliphatic hydroxyl groups excluding tert-OH is 5. The Morgan fingerprint density at radius 2 is 1.22 bits per heavy atom. The molecule has 3 aliphatic rings. The molecule has 14 N–H and O–H groups in total.